The second-order valence-corrected chi connectivity index (χ2v) is 4.57. The molecule has 1 aliphatic rings. The predicted octanol–water partition coefficient (Wildman–Crippen LogP) is 1.26. The summed E-state index contributed by atoms with van der Waals surface area (Å²) in [5.41, 5.74) is 0. The highest BCUT2D eigenvalue weighted by Gasteiger charge is 2.27. The van der Waals surface area contributed by atoms with Gasteiger partial charge in [-0.25, -0.2) is 0 Å². The normalized spacial score (nSPS) is 23.4. The van der Waals surface area contributed by atoms with Crippen molar-refractivity contribution in [3.63, 3.8) is 0 Å². The molecule has 0 aliphatic heterocycles. The minimum atomic E-state index is -0.115. The topological polar surface area (TPSA) is 64.6 Å². The molecule has 0 unspecified atom stereocenters. The van der Waals surface area contributed by atoms with Crippen LogP contribution in [-0.2, 0) is 19.1 Å². The molecule has 104 valence electrons. The quantitative estimate of drug-likeness (QED) is 0.728. The average Bonchev–Trinajstić information content (AvgIpc) is 2.39. The van der Waals surface area contributed by atoms with Crippen molar-refractivity contribution >= 4 is 11.9 Å². The molecule has 1 saturated carbocycles. The molecule has 1 N–H and O–H groups in total. The second kappa shape index (κ2) is 8.08. The molecule has 1 rings (SSSR count). The summed E-state index contributed by atoms with van der Waals surface area (Å²) in [6.45, 7) is 3.01. The van der Waals surface area contributed by atoms with Crippen LogP contribution in [0.2, 0.25) is 0 Å². The highest BCUT2D eigenvalue weighted by molar-refractivity contribution is 5.75. The van der Waals surface area contributed by atoms with Crippen LogP contribution in [0.15, 0.2) is 0 Å². The van der Waals surface area contributed by atoms with E-state index in [-0.39, 0.29) is 23.9 Å². The van der Waals surface area contributed by atoms with Crippen LogP contribution in [0.1, 0.15) is 39.0 Å². The maximum Gasteiger partial charge on any atom is 0.308 e. The van der Waals surface area contributed by atoms with Crippen molar-refractivity contribution in [3.8, 4) is 0 Å². The smallest absolute Gasteiger partial charge is 0.308 e. The van der Waals surface area contributed by atoms with Gasteiger partial charge in [0.15, 0.2) is 0 Å². The Labute approximate surface area is 108 Å². The van der Waals surface area contributed by atoms with Crippen LogP contribution in [-0.4, -0.2) is 38.2 Å². The van der Waals surface area contributed by atoms with Crippen molar-refractivity contribution in [2.45, 2.75) is 45.1 Å². The fourth-order valence-corrected chi connectivity index (χ4v) is 2.24. The molecule has 0 radical (unpaired) electrons. The Hall–Kier alpha value is -1.10. The zero-order valence-corrected chi connectivity index (χ0v) is 11.2. The van der Waals surface area contributed by atoms with Gasteiger partial charge in [0.2, 0.25) is 5.91 Å². The summed E-state index contributed by atoms with van der Waals surface area (Å²) >= 11 is 0. The van der Waals surface area contributed by atoms with Crippen LogP contribution < -0.4 is 5.32 Å². The van der Waals surface area contributed by atoms with Gasteiger partial charge in [0.1, 0.15) is 0 Å². The van der Waals surface area contributed by atoms with Gasteiger partial charge in [-0.3, -0.25) is 9.59 Å². The van der Waals surface area contributed by atoms with Gasteiger partial charge >= 0.3 is 5.97 Å². The van der Waals surface area contributed by atoms with Crippen LogP contribution >= 0.6 is 0 Å². The number of ether oxygens (including phenoxy) is 2. The minimum Gasteiger partial charge on any atom is -0.469 e. The molecule has 5 nitrogen and oxygen atoms in total. The summed E-state index contributed by atoms with van der Waals surface area (Å²) in [5.74, 6) is -0.0604. The Morgan fingerprint density at radius 2 is 1.89 bits per heavy atom. The molecule has 1 aliphatic carbocycles. The minimum absolute atomic E-state index is 0.0261. The van der Waals surface area contributed by atoms with Crippen LogP contribution in [0.5, 0.6) is 0 Å². The molecule has 0 aromatic carbocycles. The van der Waals surface area contributed by atoms with Gasteiger partial charge < -0.3 is 14.8 Å². The van der Waals surface area contributed by atoms with Crippen molar-refractivity contribution < 1.29 is 19.1 Å². The molecule has 0 saturated heterocycles. The number of carbonyl (C=O) groups is 2. The van der Waals surface area contributed by atoms with Gasteiger partial charge in [-0.15, -0.1) is 0 Å². The van der Waals surface area contributed by atoms with Crippen molar-refractivity contribution in [3.05, 3.63) is 0 Å². The van der Waals surface area contributed by atoms with Gasteiger partial charge in [0.25, 0.3) is 0 Å². The molecule has 0 spiro atoms. The summed E-state index contributed by atoms with van der Waals surface area (Å²) < 4.78 is 10.4. The molecule has 0 aromatic rings. The Kier molecular flexibility index (Phi) is 6.72. The zero-order chi connectivity index (χ0) is 13.4. The first-order valence-corrected chi connectivity index (χ1v) is 6.63. The van der Waals surface area contributed by atoms with Crippen molar-refractivity contribution in [2.75, 3.05) is 20.3 Å². The van der Waals surface area contributed by atoms with E-state index in [1.807, 2.05) is 6.92 Å². The SMILES string of the molecule is CCNC(=O)CCOC1CCC(C(=O)OC)CC1. The molecule has 0 atom stereocenters. The molecule has 0 bridgehead atoms. The van der Waals surface area contributed by atoms with E-state index in [4.69, 9.17) is 9.47 Å². The summed E-state index contributed by atoms with van der Waals surface area (Å²) in [6, 6.07) is 0. The highest BCUT2D eigenvalue weighted by Crippen LogP contribution is 2.27. The van der Waals surface area contributed by atoms with E-state index in [1.54, 1.807) is 0 Å². The lowest BCUT2D eigenvalue weighted by molar-refractivity contribution is -0.147. The molecule has 0 aromatic heterocycles. The van der Waals surface area contributed by atoms with E-state index in [0.29, 0.717) is 19.6 Å². The molecule has 0 heterocycles. The molecule has 1 fully saturated rings. The van der Waals surface area contributed by atoms with Crippen molar-refractivity contribution in [1.82, 2.24) is 5.32 Å². The van der Waals surface area contributed by atoms with E-state index in [0.717, 1.165) is 25.7 Å². The van der Waals surface area contributed by atoms with Crippen LogP contribution in [0.3, 0.4) is 0 Å². The number of hydrogen-bond donors (Lipinski definition) is 1. The molecule has 5 heteroatoms. The summed E-state index contributed by atoms with van der Waals surface area (Å²) in [5, 5.41) is 2.73. The zero-order valence-electron chi connectivity index (χ0n) is 11.2. The van der Waals surface area contributed by atoms with Crippen molar-refractivity contribution in [2.24, 2.45) is 5.92 Å². The Balaban J connectivity index is 2.12. The maximum absolute atomic E-state index is 11.3. The number of carbonyl (C=O) groups excluding carboxylic acids is 2. The largest absolute Gasteiger partial charge is 0.469 e. The second-order valence-electron chi connectivity index (χ2n) is 4.57. The first kappa shape index (κ1) is 15.0. The third-order valence-electron chi connectivity index (χ3n) is 3.27. The van der Waals surface area contributed by atoms with Crippen LogP contribution in [0.4, 0.5) is 0 Å². The van der Waals surface area contributed by atoms with E-state index in [9.17, 15) is 9.59 Å². The first-order chi connectivity index (χ1) is 8.67. The van der Waals surface area contributed by atoms with E-state index >= 15 is 0 Å². The first-order valence-electron chi connectivity index (χ1n) is 6.63. The fraction of sp³-hybridized carbons (Fsp3) is 0.846. The standard InChI is InChI=1S/C13H23NO4/c1-3-14-12(15)8-9-18-11-6-4-10(5-7-11)13(16)17-2/h10-11H,3-9H2,1-2H3,(H,14,15). The molecular formula is C13H23NO4. The lowest BCUT2D eigenvalue weighted by atomic mass is 9.87. The summed E-state index contributed by atoms with van der Waals surface area (Å²) in [4.78, 5) is 22.5. The number of nitrogens with one attached hydrogen (secondary N) is 1. The van der Waals surface area contributed by atoms with Crippen LogP contribution in [0.25, 0.3) is 0 Å². The average molecular weight is 257 g/mol. The summed E-state index contributed by atoms with van der Waals surface area (Å²) in [7, 11) is 1.43. The number of esters is 1. The maximum atomic E-state index is 11.3. The molecule has 1 amide bonds. The van der Waals surface area contributed by atoms with Crippen LogP contribution in [0, 0.1) is 5.92 Å². The summed E-state index contributed by atoms with van der Waals surface area (Å²) in [6.07, 6.45) is 3.96. The van der Waals surface area contributed by atoms with Gasteiger partial charge in [-0.05, 0) is 32.6 Å². The lowest BCUT2D eigenvalue weighted by Crippen LogP contribution is -2.29. The van der Waals surface area contributed by atoms with Crippen molar-refractivity contribution in [1.29, 1.82) is 0 Å². The van der Waals surface area contributed by atoms with Gasteiger partial charge in [0.05, 0.1) is 25.7 Å². The predicted molar refractivity (Wildman–Crippen MR) is 67.0 cm³/mol. The van der Waals surface area contributed by atoms with Gasteiger partial charge in [-0.2, -0.15) is 0 Å². The molecular weight excluding hydrogens is 234 g/mol. The van der Waals surface area contributed by atoms with E-state index in [2.05, 4.69) is 5.32 Å². The number of amides is 1. The molecule has 18 heavy (non-hydrogen) atoms. The number of rotatable bonds is 6. The Morgan fingerprint density at radius 3 is 2.44 bits per heavy atom. The highest BCUT2D eigenvalue weighted by atomic mass is 16.5. The Bertz CT molecular complexity index is 272. The third-order valence-corrected chi connectivity index (χ3v) is 3.27. The van der Waals surface area contributed by atoms with E-state index in [1.165, 1.54) is 7.11 Å². The Morgan fingerprint density at radius 1 is 1.22 bits per heavy atom. The monoisotopic (exact) mass is 257 g/mol. The number of hydrogen-bond acceptors (Lipinski definition) is 4. The third kappa shape index (κ3) is 5.04. The lowest BCUT2D eigenvalue weighted by Gasteiger charge is -2.26. The van der Waals surface area contributed by atoms with E-state index < -0.39 is 0 Å². The fourth-order valence-electron chi connectivity index (χ4n) is 2.24. The van der Waals surface area contributed by atoms with Gasteiger partial charge in [-0.1, -0.05) is 0 Å². The number of methoxy groups -OCH3 is 1. The van der Waals surface area contributed by atoms with Gasteiger partial charge in [0, 0.05) is 13.0 Å².